The van der Waals surface area contributed by atoms with Crippen molar-refractivity contribution in [2.75, 3.05) is 18.8 Å². The number of anilines is 1. The first-order valence-electron chi connectivity index (χ1n) is 6.56. The molecule has 0 bridgehead atoms. The van der Waals surface area contributed by atoms with E-state index in [0.29, 0.717) is 25.9 Å². The second-order valence-corrected chi connectivity index (χ2v) is 5.02. The van der Waals surface area contributed by atoms with E-state index in [1.54, 1.807) is 0 Å². The highest BCUT2D eigenvalue weighted by atomic mass is 19.4. The topological polar surface area (TPSA) is 72.2 Å². The van der Waals surface area contributed by atoms with Crippen molar-refractivity contribution in [1.29, 1.82) is 0 Å². The number of hydrogen-bond acceptors (Lipinski definition) is 4. The van der Waals surface area contributed by atoms with Crippen molar-refractivity contribution in [1.82, 2.24) is 5.32 Å². The molecular weight excluding hydrogens is 285 g/mol. The van der Waals surface area contributed by atoms with Crippen molar-refractivity contribution in [3.63, 3.8) is 0 Å². The minimum atomic E-state index is -5.01. The molecule has 1 saturated heterocycles. The molecular formula is C14H15F3N2O2. The Morgan fingerprint density at radius 2 is 1.81 bits per heavy atom. The van der Waals surface area contributed by atoms with Gasteiger partial charge in [-0.25, -0.2) is 0 Å². The Kier molecular flexibility index (Phi) is 4.32. The summed E-state index contributed by atoms with van der Waals surface area (Å²) in [4.78, 5) is 23.6. The molecule has 0 aromatic heterocycles. The van der Waals surface area contributed by atoms with Gasteiger partial charge in [0.1, 0.15) is 0 Å². The standard InChI is InChI=1S/C14H15F3N2O2/c15-14(16,17)13(21)10-7-9(1-2-11(10)18)12(20)8-3-5-19-6-4-8/h1-2,7-8,19H,3-6,18H2. The fourth-order valence-electron chi connectivity index (χ4n) is 2.38. The summed E-state index contributed by atoms with van der Waals surface area (Å²) in [6, 6.07) is 3.50. The summed E-state index contributed by atoms with van der Waals surface area (Å²) in [5.41, 5.74) is 4.58. The van der Waals surface area contributed by atoms with Crippen molar-refractivity contribution >= 4 is 17.3 Å². The third-order valence-corrected chi connectivity index (χ3v) is 3.55. The predicted octanol–water partition coefficient (Wildman–Crippen LogP) is 2.20. The number of nitrogens with one attached hydrogen (secondary N) is 1. The molecule has 7 heteroatoms. The Hall–Kier alpha value is -1.89. The summed E-state index contributed by atoms with van der Waals surface area (Å²) in [6.45, 7) is 1.39. The van der Waals surface area contributed by atoms with E-state index in [1.165, 1.54) is 12.1 Å². The number of alkyl halides is 3. The molecule has 0 unspecified atom stereocenters. The van der Waals surface area contributed by atoms with Gasteiger partial charge in [-0.15, -0.1) is 0 Å². The minimum Gasteiger partial charge on any atom is -0.398 e. The van der Waals surface area contributed by atoms with Gasteiger partial charge < -0.3 is 11.1 Å². The first-order chi connectivity index (χ1) is 9.80. The average molecular weight is 300 g/mol. The normalized spacial score (nSPS) is 16.7. The van der Waals surface area contributed by atoms with Gasteiger partial charge in [-0.1, -0.05) is 0 Å². The molecule has 0 aliphatic carbocycles. The van der Waals surface area contributed by atoms with Crippen LogP contribution in [0.1, 0.15) is 33.6 Å². The first kappa shape index (κ1) is 15.5. The van der Waals surface area contributed by atoms with Gasteiger partial charge in [-0.2, -0.15) is 13.2 Å². The van der Waals surface area contributed by atoms with Crippen molar-refractivity contribution in [3.05, 3.63) is 29.3 Å². The van der Waals surface area contributed by atoms with Gasteiger partial charge in [0, 0.05) is 17.2 Å². The van der Waals surface area contributed by atoms with Crippen LogP contribution in [0.2, 0.25) is 0 Å². The van der Waals surface area contributed by atoms with Gasteiger partial charge in [-0.05, 0) is 44.1 Å². The van der Waals surface area contributed by atoms with Crippen LogP contribution in [0.4, 0.5) is 18.9 Å². The highest BCUT2D eigenvalue weighted by Gasteiger charge is 2.40. The maximum Gasteiger partial charge on any atom is 0.454 e. The molecule has 3 N–H and O–H groups in total. The molecule has 1 heterocycles. The Morgan fingerprint density at radius 3 is 2.38 bits per heavy atom. The molecule has 21 heavy (non-hydrogen) atoms. The molecule has 0 atom stereocenters. The van der Waals surface area contributed by atoms with Crippen LogP contribution in [0.15, 0.2) is 18.2 Å². The van der Waals surface area contributed by atoms with Crippen molar-refractivity contribution < 1.29 is 22.8 Å². The van der Waals surface area contributed by atoms with E-state index in [9.17, 15) is 22.8 Å². The van der Waals surface area contributed by atoms with Crippen LogP contribution in [0, 0.1) is 5.92 Å². The minimum absolute atomic E-state index is 0.101. The van der Waals surface area contributed by atoms with E-state index in [1.807, 2.05) is 0 Å². The molecule has 0 spiro atoms. The van der Waals surface area contributed by atoms with E-state index in [2.05, 4.69) is 5.32 Å². The summed E-state index contributed by atoms with van der Waals surface area (Å²) in [5.74, 6) is -2.50. The molecule has 114 valence electrons. The molecule has 1 aliphatic heterocycles. The van der Waals surface area contributed by atoms with Gasteiger partial charge in [0.05, 0.1) is 5.56 Å². The zero-order chi connectivity index (χ0) is 15.6. The van der Waals surface area contributed by atoms with Crippen LogP contribution in [0.5, 0.6) is 0 Å². The van der Waals surface area contributed by atoms with Gasteiger partial charge in [-0.3, -0.25) is 9.59 Å². The Balaban J connectivity index is 2.30. The quantitative estimate of drug-likeness (QED) is 0.663. The van der Waals surface area contributed by atoms with Crippen molar-refractivity contribution in [2.45, 2.75) is 19.0 Å². The molecule has 1 aromatic rings. The number of benzene rings is 1. The monoisotopic (exact) mass is 300 g/mol. The third kappa shape index (κ3) is 3.41. The lowest BCUT2D eigenvalue weighted by Crippen LogP contribution is -2.32. The van der Waals surface area contributed by atoms with Crippen LogP contribution < -0.4 is 11.1 Å². The van der Waals surface area contributed by atoms with E-state index in [4.69, 9.17) is 5.73 Å². The zero-order valence-corrected chi connectivity index (χ0v) is 11.2. The highest BCUT2D eigenvalue weighted by Crippen LogP contribution is 2.27. The van der Waals surface area contributed by atoms with Gasteiger partial charge in [0.25, 0.3) is 5.78 Å². The fourth-order valence-corrected chi connectivity index (χ4v) is 2.38. The molecule has 1 aromatic carbocycles. The van der Waals surface area contributed by atoms with Crippen molar-refractivity contribution in [3.8, 4) is 0 Å². The molecule has 1 fully saturated rings. The molecule has 0 amide bonds. The second kappa shape index (κ2) is 5.85. The van der Waals surface area contributed by atoms with Crippen molar-refractivity contribution in [2.24, 2.45) is 5.92 Å². The second-order valence-electron chi connectivity index (χ2n) is 5.02. The molecule has 2 rings (SSSR count). The number of nitrogens with two attached hydrogens (primary N) is 1. The number of piperidine rings is 1. The molecule has 0 saturated carbocycles. The number of carbonyl (C=O) groups is 2. The lowest BCUT2D eigenvalue weighted by atomic mass is 9.88. The van der Waals surface area contributed by atoms with Gasteiger partial charge >= 0.3 is 6.18 Å². The fraction of sp³-hybridized carbons (Fsp3) is 0.429. The van der Waals surface area contributed by atoms with E-state index >= 15 is 0 Å². The van der Waals surface area contributed by atoms with Crippen LogP contribution >= 0.6 is 0 Å². The number of nitrogen functional groups attached to an aromatic ring is 1. The predicted molar refractivity (Wildman–Crippen MR) is 71.2 cm³/mol. The summed E-state index contributed by atoms with van der Waals surface area (Å²) in [5, 5.41) is 3.10. The van der Waals surface area contributed by atoms with Gasteiger partial charge in [0.2, 0.25) is 0 Å². The molecule has 4 nitrogen and oxygen atoms in total. The third-order valence-electron chi connectivity index (χ3n) is 3.55. The number of halogens is 3. The first-order valence-corrected chi connectivity index (χ1v) is 6.56. The summed E-state index contributed by atoms with van der Waals surface area (Å²) >= 11 is 0. The van der Waals surface area contributed by atoms with Crippen LogP contribution in [-0.4, -0.2) is 30.8 Å². The van der Waals surface area contributed by atoms with Gasteiger partial charge in [0.15, 0.2) is 5.78 Å². The van der Waals surface area contributed by atoms with E-state index in [0.717, 1.165) is 6.07 Å². The SMILES string of the molecule is Nc1ccc(C(=O)C2CCNCC2)cc1C(=O)C(F)(F)F. The lowest BCUT2D eigenvalue weighted by molar-refractivity contribution is -0.0884. The smallest absolute Gasteiger partial charge is 0.398 e. The maximum atomic E-state index is 12.5. The molecule has 1 aliphatic rings. The number of rotatable bonds is 3. The Morgan fingerprint density at radius 1 is 1.19 bits per heavy atom. The molecule has 0 radical (unpaired) electrons. The Labute approximate surface area is 119 Å². The average Bonchev–Trinajstić information content (AvgIpc) is 2.46. The summed E-state index contributed by atoms with van der Waals surface area (Å²) in [6.07, 6.45) is -3.75. The van der Waals surface area contributed by atoms with E-state index < -0.39 is 17.5 Å². The summed E-state index contributed by atoms with van der Waals surface area (Å²) < 4.78 is 37.5. The maximum absolute atomic E-state index is 12.5. The zero-order valence-electron chi connectivity index (χ0n) is 11.2. The highest BCUT2D eigenvalue weighted by molar-refractivity contribution is 6.07. The lowest BCUT2D eigenvalue weighted by Gasteiger charge is -2.21. The van der Waals surface area contributed by atoms with Crippen LogP contribution in [0.25, 0.3) is 0 Å². The number of ketones is 2. The number of carbonyl (C=O) groups excluding carboxylic acids is 2. The van der Waals surface area contributed by atoms with Crippen LogP contribution in [0.3, 0.4) is 0 Å². The van der Waals surface area contributed by atoms with Crippen LogP contribution in [-0.2, 0) is 0 Å². The number of Topliss-reactive ketones (excluding diaryl/α,β-unsaturated/α-hetero) is 2. The number of hydrogen-bond donors (Lipinski definition) is 2. The largest absolute Gasteiger partial charge is 0.454 e. The Bertz CT molecular complexity index is 564. The van der Waals surface area contributed by atoms with E-state index in [-0.39, 0.29) is 23.0 Å². The summed E-state index contributed by atoms with van der Waals surface area (Å²) in [7, 11) is 0.